The van der Waals surface area contributed by atoms with Crippen molar-refractivity contribution in [2.45, 2.75) is 30.4 Å². The fraction of sp³-hybridized carbons (Fsp3) is 0.500. The van der Waals surface area contributed by atoms with Crippen LogP contribution in [-0.2, 0) is 21.2 Å². The van der Waals surface area contributed by atoms with Crippen molar-refractivity contribution in [3.05, 3.63) is 22.5 Å². The van der Waals surface area contributed by atoms with Crippen LogP contribution in [-0.4, -0.2) is 41.9 Å². The van der Waals surface area contributed by atoms with Crippen LogP contribution < -0.4 is 5.32 Å². The summed E-state index contributed by atoms with van der Waals surface area (Å²) in [6.45, 7) is 2.62. The van der Waals surface area contributed by atoms with E-state index in [0.29, 0.717) is 28.7 Å². The second kappa shape index (κ2) is 7.26. The van der Waals surface area contributed by atoms with Crippen LogP contribution in [0.4, 0.5) is 5.13 Å². The average Bonchev–Trinajstić information content (AvgIpc) is 3.27. The van der Waals surface area contributed by atoms with Crippen molar-refractivity contribution >= 4 is 43.7 Å². The highest BCUT2D eigenvalue weighted by Crippen LogP contribution is 2.27. The number of aryl methyl sites for hydroxylation is 1. The highest BCUT2D eigenvalue weighted by atomic mass is 32.2. The molecule has 1 atom stereocenters. The summed E-state index contributed by atoms with van der Waals surface area (Å²) in [6, 6.07) is 3.31. The first-order valence-electron chi connectivity index (χ1n) is 7.67. The van der Waals surface area contributed by atoms with Gasteiger partial charge in [-0.15, -0.1) is 21.5 Å². The number of aromatic nitrogens is 2. The number of hydrogen-bond acceptors (Lipinski definition) is 7. The summed E-state index contributed by atoms with van der Waals surface area (Å²) in [4.78, 5) is 12.4. The van der Waals surface area contributed by atoms with Gasteiger partial charge in [0.2, 0.25) is 11.0 Å². The number of carbonyl (C=O) groups excluding carboxylic acids is 1. The fourth-order valence-electron chi connectivity index (χ4n) is 2.57. The van der Waals surface area contributed by atoms with E-state index in [1.807, 2.05) is 6.92 Å². The van der Waals surface area contributed by atoms with Crippen LogP contribution in [0.15, 0.2) is 21.7 Å². The Morgan fingerprint density at radius 2 is 2.29 bits per heavy atom. The molecule has 3 rings (SSSR count). The molecule has 1 saturated heterocycles. The number of thiophene rings is 1. The van der Waals surface area contributed by atoms with Crippen LogP contribution in [0.3, 0.4) is 0 Å². The summed E-state index contributed by atoms with van der Waals surface area (Å²) in [6.07, 6.45) is 2.10. The SMILES string of the molecule is CCc1nnc(NC(=O)[C@@H]2CCCN(S(=O)(=O)c3cccs3)C2)s1. The third-order valence-electron chi connectivity index (χ3n) is 3.84. The lowest BCUT2D eigenvalue weighted by Crippen LogP contribution is -2.43. The van der Waals surface area contributed by atoms with Crippen molar-refractivity contribution in [3.8, 4) is 0 Å². The number of anilines is 1. The van der Waals surface area contributed by atoms with Crippen LogP contribution in [0.25, 0.3) is 0 Å². The van der Waals surface area contributed by atoms with Crippen molar-refractivity contribution in [1.29, 1.82) is 0 Å². The quantitative estimate of drug-likeness (QED) is 0.850. The Morgan fingerprint density at radius 3 is 2.96 bits per heavy atom. The number of rotatable bonds is 5. The number of nitrogens with one attached hydrogen (secondary N) is 1. The lowest BCUT2D eigenvalue weighted by molar-refractivity contribution is -0.120. The molecule has 0 saturated carbocycles. The molecule has 0 aromatic carbocycles. The molecule has 2 aromatic rings. The van der Waals surface area contributed by atoms with E-state index < -0.39 is 10.0 Å². The molecule has 0 radical (unpaired) electrons. The Kier molecular flexibility index (Phi) is 5.28. The maximum absolute atomic E-state index is 12.6. The van der Waals surface area contributed by atoms with Gasteiger partial charge in [0.15, 0.2) is 0 Å². The van der Waals surface area contributed by atoms with Crippen molar-refractivity contribution in [1.82, 2.24) is 14.5 Å². The zero-order valence-electron chi connectivity index (χ0n) is 13.1. The van der Waals surface area contributed by atoms with Gasteiger partial charge in [-0.25, -0.2) is 8.42 Å². The molecule has 24 heavy (non-hydrogen) atoms. The minimum atomic E-state index is -3.51. The molecule has 1 aliphatic rings. The van der Waals surface area contributed by atoms with Gasteiger partial charge in [-0.3, -0.25) is 4.79 Å². The maximum atomic E-state index is 12.6. The molecular weight excluding hydrogens is 368 g/mol. The van der Waals surface area contributed by atoms with Crippen LogP contribution >= 0.6 is 22.7 Å². The number of carbonyl (C=O) groups is 1. The smallest absolute Gasteiger partial charge is 0.252 e. The lowest BCUT2D eigenvalue weighted by Gasteiger charge is -2.30. The molecule has 1 amide bonds. The molecule has 1 aliphatic heterocycles. The first-order chi connectivity index (χ1) is 11.5. The molecule has 130 valence electrons. The second-order valence-corrected chi connectivity index (χ2v) is 9.65. The second-order valence-electron chi connectivity index (χ2n) is 5.48. The topological polar surface area (TPSA) is 92.3 Å². The predicted octanol–water partition coefficient (Wildman–Crippen LogP) is 2.20. The minimum Gasteiger partial charge on any atom is -0.300 e. The first kappa shape index (κ1) is 17.5. The average molecular weight is 387 g/mol. The largest absolute Gasteiger partial charge is 0.300 e. The van der Waals surface area contributed by atoms with Gasteiger partial charge in [-0.2, -0.15) is 4.31 Å². The third-order valence-corrected chi connectivity index (χ3v) is 8.06. The van der Waals surface area contributed by atoms with Gasteiger partial charge in [0.1, 0.15) is 9.22 Å². The molecule has 2 aromatic heterocycles. The number of piperidine rings is 1. The van der Waals surface area contributed by atoms with Crippen molar-refractivity contribution < 1.29 is 13.2 Å². The first-order valence-corrected chi connectivity index (χ1v) is 10.8. The van der Waals surface area contributed by atoms with E-state index in [2.05, 4.69) is 15.5 Å². The van der Waals surface area contributed by atoms with E-state index in [4.69, 9.17) is 0 Å². The van der Waals surface area contributed by atoms with Gasteiger partial charge >= 0.3 is 0 Å². The van der Waals surface area contributed by atoms with Gasteiger partial charge in [0.05, 0.1) is 5.92 Å². The fourth-order valence-corrected chi connectivity index (χ4v) is 5.92. The highest BCUT2D eigenvalue weighted by Gasteiger charge is 2.34. The molecule has 7 nitrogen and oxygen atoms in total. The monoisotopic (exact) mass is 386 g/mol. The molecule has 0 unspecified atom stereocenters. The number of amides is 1. The van der Waals surface area contributed by atoms with Gasteiger partial charge < -0.3 is 5.32 Å². The van der Waals surface area contributed by atoms with Crippen molar-refractivity contribution in [2.75, 3.05) is 18.4 Å². The zero-order chi connectivity index (χ0) is 17.2. The van der Waals surface area contributed by atoms with Crippen LogP contribution in [0.2, 0.25) is 0 Å². The number of sulfonamides is 1. The molecule has 0 aliphatic carbocycles. The summed E-state index contributed by atoms with van der Waals surface area (Å²) in [5, 5.41) is 13.7. The number of nitrogens with zero attached hydrogens (tertiary/aromatic N) is 3. The molecule has 0 spiro atoms. The van der Waals surface area contributed by atoms with E-state index in [0.717, 1.165) is 11.4 Å². The highest BCUT2D eigenvalue weighted by molar-refractivity contribution is 7.91. The Bertz CT molecular complexity index is 801. The van der Waals surface area contributed by atoms with Crippen LogP contribution in [0.1, 0.15) is 24.8 Å². The molecule has 1 fully saturated rings. The summed E-state index contributed by atoms with van der Waals surface area (Å²) in [5.74, 6) is -0.567. The standard InChI is InChI=1S/C14H18N4O3S3/c1-2-11-16-17-14(23-11)15-13(19)10-5-3-7-18(9-10)24(20,21)12-6-4-8-22-12/h4,6,8,10H,2-3,5,7,9H2,1H3,(H,15,17,19)/t10-/m1/s1. The Balaban J connectivity index is 1.68. The van der Waals surface area contributed by atoms with E-state index in [1.54, 1.807) is 17.5 Å². The van der Waals surface area contributed by atoms with Crippen molar-refractivity contribution in [2.24, 2.45) is 5.92 Å². The molecule has 3 heterocycles. The predicted molar refractivity (Wildman–Crippen MR) is 93.7 cm³/mol. The number of hydrogen-bond donors (Lipinski definition) is 1. The lowest BCUT2D eigenvalue weighted by atomic mass is 9.99. The van der Waals surface area contributed by atoms with Gasteiger partial charge in [-0.1, -0.05) is 24.3 Å². The summed E-state index contributed by atoms with van der Waals surface area (Å²) in [7, 11) is -3.51. The van der Waals surface area contributed by atoms with E-state index in [9.17, 15) is 13.2 Å². The minimum absolute atomic E-state index is 0.195. The molecule has 1 N–H and O–H groups in total. The van der Waals surface area contributed by atoms with Gasteiger partial charge in [0, 0.05) is 13.1 Å². The normalized spacial score (nSPS) is 19.3. The van der Waals surface area contributed by atoms with Gasteiger partial charge in [-0.05, 0) is 30.7 Å². The Hall–Kier alpha value is -1.36. The molecule has 0 bridgehead atoms. The Morgan fingerprint density at radius 1 is 1.46 bits per heavy atom. The summed E-state index contributed by atoms with van der Waals surface area (Å²) < 4.78 is 26.9. The van der Waals surface area contributed by atoms with Crippen LogP contribution in [0.5, 0.6) is 0 Å². The molecule has 10 heteroatoms. The van der Waals surface area contributed by atoms with E-state index >= 15 is 0 Å². The summed E-state index contributed by atoms with van der Waals surface area (Å²) in [5.41, 5.74) is 0. The van der Waals surface area contributed by atoms with E-state index in [-0.39, 0.29) is 18.4 Å². The Labute approximate surface area is 148 Å². The van der Waals surface area contributed by atoms with Crippen LogP contribution in [0, 0.1) is 5.92 Å². The van der Waals surface area contributed by atoms with E-state index in [1.165, 1.54) is 27.0 Å². The zero-order valence-corrected chi connectivity index (χ0v) is 15.6. The maximum Gasteiger partial charge on any atom is 0.252 e. The third kappa shape index (κ3) is 3.66. The summed E-state index contributed by atoms with van der Waals surface area (Å²) >= 11 is 2.54. The van der Waals surface area contributed by atoms with Gasteiger partial charge in [0.25, 0.3) is 10.0 Å². The van der Waals surface area contributed by atoms with Crippen molar-refractivity contribution in [3.63, 3.8) is 0 Å². The molecular formula is C14H18N4O3S3.